The zero-order valence-corrected chi connectivity index (χ0v) is 18.7. The molecule has 2 aromatic carbocycles. The fourth-order valence-corrected chi connectivity index (χ4v) is 4.83. The Hall–Kier alpha value is -2.73. The van der Waals surface area contributed by atoms with E-state index in [4.69, 9.17) is 14.2 Å². The molecule has 166 valence electrons. The minimum Gasteiger partial charge on any atom is -0.493 e. The molecule has 0 aliphatic carbocycles. The topological polar surface area (TPSA) is 51.2 Å². The van der Waals surface area contributed by atoms with E-state index in [9.17, 15) is 4.79 Å². The molecule has 6 heteroatoms. The van der Waals surface area contributed by atoms with Crippen LogP contribution < -0.4 is 14.2 Å². The molecule has 1 saturated heterocycles. The fourth-order valence-electron chi connectivity index (χ4n) is 4.83. The fraction of sp³-hybridized carbons (Fsp3) is 0.480. The van der Waals surface area contributed by atoms with Crippen LogP contribution in [0.3, 0.4) is 0 Å². The van der Waals surface area contributed by atoms with Gasteiger partial charge in [-0.2, -0.15) is 0 Å². The van der Waals surface area contributed by atoms with E-state index in [1.54, 1.807) is 21.3 Å². The molecule has 2 heterocycles. The highest BCUT2D eigenvalue weighted by molar-refractivity contribution is 5.79. The zero-order valence-electron chi connectivity index (χ0n) is 18.7. The largest absolute Gasteiger partial charge is 0.493 e. The lowest BCUT2D eigenvalue weighted by Gasteiger charge is -2.36. The van der Waals surface area contributed by atoms with E-state index in [0.717, 1.165) is 57.5 Å². The van der Waals surface area contributed by atoms with Crippen LogP contribution in [0.15, 0.2) is 36.4 Å². The van der Waals surface area contributed by atoms with Gasteiger partial charge in [0.25, 0.3) is 0 Å². The summed E-state index contributed by atoms with van der Waals surface area (Å²) in [6.45, 7) is 4.08. The Kier molecular flexibility index (Phi) is 6.66. The molecule has 6 nitrogen and oxygen atoms in total. The molecule has 0 bridgehead atoms. The lowest BCUT2D eigenvalue weighted by Crippen LogP contribution is -2.46. The summed E-state index contributed by atoms with van der Waals surface area (Å²) < 4.78 is 16.4. The van der Waals surface area contributed by atoms with Crippen molar-refractivity contribution in [2.24, 2.45) is 5.92 Å². The van der Waals surface area contributed by atoms with Crippen molar-refractivity contribution >= 4 is 5.91 Å². The third-order valence-corrected chi connectivity index (χ3v) is 6.43. The summed E-state index contributed by atoms with van der Waals surface area (Å²) >= 11 is 0. The number of amides is 1. The number of fused-ring (bicyclic) bond motifs is 1. The van der Waals surface area contributed by atoms with Crippen LogP contribution in [0, 0.1) is 5.92 Å². The molecule has 0 N–H and O–H groups in total. The van der Waals surface area contributed by atoms with Gasteiger partial charge in [0, 0.05) is 26.2 Å². The predicted molar refractivity (Wildman–Crippen MR) is 120 cm³/mol. The minimum atomic E-state index is 0.0565. The first-order valence-electron chi connectivity index (χ1n) is 11.0. The van der Waals surface area contributed by atoms with Crippen molar-refractivity contribution in [2.75, 3.05) is 41.0 Å². The predicted octanol–water partition coefficient (Wildman–Crippen LogP) is 3.51. The SMILES string of the molecule is COc1cc(CN2CCC[C@@H](C(=O)N3CCc4ccccc4C3)C2)cc(OC)c1OC. The minimum absolute atomic E-state index is 0.0565. The number of rotatable bonds is 6. The Morgan fingerprint density at radius 3 is 2.39 bits per heavy atom. The molecule has 2 aliphatic heterocycles. The van der Waals surface area contributed by atoms with E-state index < -0.39 is 0 Å². The lowest BCUT2D eigenvalue weighted by atomic mass is 9.93. The molecule has 0 aromatic heterocycles. The summed E-state index contributed by atoms with van der Waals surface area (Å²) in [5, 5.41) is 0. The van der Waals surface area contributed by atoms with Gasteiger partial charge in [-0.3, -0.25) is 9.69 Å². The number of methoxy groups -OCH3 is 3. The van der Waals surface area contributed by atoms with Crippen molar-refractivity contribution in [1.82, 2.24) is 9.80 Å². The van der Waals surface area contributed by atoms with Gasteiger partial charge in [-0.1, -0.05) is 24.3 Å². The van der Waals surface area contributed by atoms with E-state index in [-0.39, 0.29) is 5.92 Å². The second-order valence-electron chi connectivity index (χ2n) is 8.39. The monoisotopic (exact) mass is 424 g/mol. The van der Waals surface area contributed by atoms with Gasteiger partial charge in [0.2, 0.25) is 11.7 Å². The Bertz CT molecular complexity index is 904. The number of carbonyl (C=O) groups is 1. The number of piperidine rings is 1. The van der Waals surface area contributed by atoms with Crippen molar-refractivity contribution in [3.63, 3.8) is 0 Å². The summed E-state index contributed by atoms with van der Waals surface area (Å²) in [6.07, 6.45) is 2.94. The van der Waals surface area contributed by atoms with E-state index in [0.29, 0.717) is 23.2 Å². The molecule has 0 unspecified atom stereocenters. The van der Waals surface area contributed by atoms with Gasteiger partial charge in [0.1, 0.15) is 0 Å². The zero-order chi connectivity index (χ0) is 21.8. The Balaban J connectivity index is 1.43. The molecule has 1 fully saturated rings. The summed E-state index contributed by atoms with van der Waals surface area (Å²) in [4.78, 5) is 17.7. The van der Waals surface area contributed by atoms with Crippen LogP contribution in [-0.4, -0.2) is 56.7 Å². The Morgan fingerprint density at radius 1 is 1.00 bits per heavy atom. The first kappa shape index (κ1) is 21.5. The second kappa shape index (κ2) is 9.60. The summed E-state index contributed by atoms with van der Waals surface area (Å²) in [7, 11) is 4.88. The van der Waals surface area contributed by atoms with E-state index in [1.165, 1.54) is 11.1 Å². The summed E-state index contributed by atoms with van der Waals surface area (Å²) in [6, 6.07) is 12.5. The highest BCUT2D eigenvalue weighted by atomic mass is 16.5. The molecule has 2 aliphatic rings. The number of carbonyl (C=O) groups excluding carboxylic acids is 1. The molecule has 0 saturated carbocycles. The summed E-state index contributed by atoms with van der Waals surface area (Å²) in [5.41, 5.74) is 3.75. The molecule has 31 heavy (non-hydrogen) atoms. The number of hydrogen-bond acceptors (Lipinski definition) is 5. The number of likely N-dealkylation sites (tertiary alicyclic amines) is 1. The molecule has 0 spiro atoms. The highest BCUT2D eigenvalue weighted by Crippen LogP contribution is 2.38. The first-order chi connectivity index (χ1) is 15.1. The van der Waals surface area contributed by atoms with Crippen LogP contribution in [0.1, 0.15) is 29.5 Å². The molecule has 0 radical (unpaired) electrons. The van der Waals surface area contributed by atoms with Crippen molar-refractivity contribution in [2.45, 2.75) is 32.4 Å². The standard InChI is InChI=1S/C25H32N2O4/c1-29-22-13-18(14-23(30-2)24(22)31-3)15-26-11-6-9-21(16-26)25(28)27-12-10-19-7-4-5-8-20(19)17-27/h4-5,7-8,13-14,21H,6,9-12,15-17H2,1-3H3/t21-/m1/s1. The quantitative estimate of drug-likeness (QED) is 0.710. The third kappa shape index (κ3) is 4.64. The molecule has 4 rings (SSSR count). The molecule has 2 aromatic rings. The van der Waals surface area contributed by atoms with E-state index in [2.05, 4.69) is 34.1 Å². The van der Waals surface area contributed by atoms with Gasteiger partial charge in [0.05, 0.1) is 27.2 Å². The summed E-state index contributed by atoms with van der Waals surface area (Å²) in [5.74, 6) is 2.28. The molecule has 1 atom stereocenters. The Morgan fingerprint density at radius 2 is 1.71 bits per heavy atom. The maximum absolute atomic E-state index is 13.3. The number of ether oxygens (including phenoxy) is 3. The van der Waals surface area contributed by atoms with Gasteiger partial charge in [0.15, 0.2) is 11.5 Å². The maximum atomic E-state index is 13.3. The normalized spacial score (nSPS) is 18.9. The van der Waals surface area contributed by atoms with Gasteiger partial charge in [-0.25, -0.2) is 0 Å². The van der Waals surface area contributed by atoms with Crippen molar-refractivity contribution in [3.8, 4) is 17.2 Å². The average Bonchev–Trinajstić information content (AvgIpc) is 2.82. The van der Waals surface area contributed by atoms with E-state index >= 15 is 0 Å². The maximum Gasteiger partial charge on any atom is 0.227 e. The molecular formula is C25H32N2O4. The number of benzene rings is 2. The second-order valence-corrected chi connectivity index (χ2v) is 8.39. The third-order valence-electron chi connectivity index (χ3n) is 6.43. The Labute approximate surface area is 184 Å². The van der Waals surface area contributed by atoms with Gasteiger partial charge in [-0.05, 0) is 54.6 Å². The lowest BCUT2D eigenvalue weighted by molar-refractivity contribution is -0.138. The first-order valence-corrected chi connectivity index (χ1v) is 11.0. The molecular weight excluding hydrogens is 392 g/mol. The van der Waals surface area contributed by atoms with Crippen LogP contribution in [0.25, 0.3) is 0 Å². The highest BCUT2D eigenvalue weighted by Gasteiger charge is 2.31. The van der Waals surface area contributed by atoms with Crippen LogP contribution >= 0.6 is 0 Å². The van der Waals surface area contributed by atoms with Crippen molar-refractivity contribution < 1.29 is 19.0 Å². The van der Waals surface area contributed by atoms with Gasteiger partial charge < -0.3 is 19.1 Å². The van der Waals surface area contributed by atoms with Crippen LogP contribution in [0.2, 0.25) is 0 Å². The van der Waals surface area contributed by atoms with Gasteiger partial charge in [-0.15, -0.1) is 0 Å². The van der Waals surface area contributed by atoms with E-state index in [1.807, 2.05) is 12.1 Å². The smallest absolute Gasteiger partial charge is 0.227 e. The average molecular weight is 425 g/mol. The number of hydrogen-bond donors (Lipinski definition) is 0. The van der Waals surface area contributed by atoms with Gasteiger partial charge >= 0.3 is 0 Å². The van der Waals surface area contributed by atoms with Crippen LogP contribution in [0.4, 0.5) is 0 Å². The van der Waals surface area contributed by atoms with Crippen LogP contribution in [0.5, 0.6) is 17.2 Å². The molecule has 1 amide bonds. The van der Waals surface area contributed by atoms with Crippen molar-refractivity contribution in [3.05, 3.63) is 53.1 Å². The van der Waals surface area contributed by atoms with Crippen molar-refractivity contribution in [1.29, 1.82) is 0 Å². The number of nitrogens with zero attached hydrogens (tertiary/aromatic N) is 2. The van der Waals surface area contributed by atoms with Crippen LogP contribution in [-0.2, 0) is 24.3 Å².